The number of hydrogen-bond donors (Lipinski definition) is 6. The van der Waals surface area contributed by atoms with Gasteiger partial charge in [0.2, 0.25) is 0 Å². The maximum atomic E-state index is 13.7. The van der Waals surface area contributed by atoms with Gasteiger partial charge < -0.3 is 40.9 Å². The van der Waals surface area contributed by atoms with Crippen molar-refractivity contribution in [2.75, 3.05) is 31.5 Å². The highest BCUT2D eigenvalue weighted by Gasteiger charge is 2.57. The number of rotatable bonds is 8. The van der Waals surface area contributed by atoms with E-state index >= 15 is 0 Å². The summed E-state index contributed by atoms with van der Waals surface area (Å²) in [5, 5.41) is 31.9. The predicted octanol–water partition coefficient (Wildman–Crippen LogP) is 1.80. The smallest absolute Gasteiger partial charge is 0.435 e. The zero-order valence-electron chi connectivity index (χ0n) is 25.9. The van der Waals surface area contributed by atoms with Gasteiger partial charge in [-0.25, -0.2) is 9.78 Å². The molecule has 2 aromatic heterocycles. The third-order valence-electron chi connectivity index (χ3n) is 8.56. The molecule has 19 heteroatoms. The van der Waals surface area contributed by atoms with Crippen molar-refractivity contribution in [2.45, 2.75) is 30.9 Å². The minimum absolute atomic E-state index is 0.0383. The Kier molecular flexibility index (Phi) is 10.3. The number of nitrogens with zero attached hydrogens (tertiary/aromatic N) is 5. The molecule has 1 aromatic carbocycles. The first-order valence-electron chi connectivity index (χ1n) is 15.0. The number of aliphatic hydroxyl groups excluding tert-OH is 1. The van der Waals surface area contributed by atoms with Crippen LogP contribution in [0.25, 0.3) is 11.3 Å². The van der Waals surface area contributed by atoms with Gasteiger partial charge in [0.25, 0.3) is 18.3 Å². The van der Waals surface area contributed by atoms with Crippen LogP contribution in [0.4, 0.5) is 23.7 Å². The molecule has 4 heterocycles. The summed E-state index contributed by atoms with van der Waals surface area (Å²) in [4.78, 5) is 52.7. The third kappa shape index (κ3) is 7.55. The van der Waals surface area contributed by atoms with Crippen molar-refractivity contribution in [3.05, 3.63) is 65.4 Å². The van der Waals surface area contributed by atoms with Gasteiger partial charge in [0.15, 0.2) is 11.5 Å². The highest BCUT2D eigenvalue weighted by atomic mass is 35.5. The van der Waals surface area contributed by atoms with Crippen molar-refractivity contribution in [1.29, 1.82) is 0 Å². The molecule has 5 atom stereocenters. The molecule has 0 bridgehead atoms. The number of halogens is 4. The second-order valence-corrected chi connectivity index (χ2v) is 12.1. The molecule has 0 radical (unpaired) electrons. The summed E-state index contributed by atoms with van der Waals surface area (Å²) in [5.74, 6) is -1.02. The van der Waals surface area contributed by atoms with Gasteiger partial charge in [0.05, 0.1) is 46.7 Å². The largest absolute Gasteiger partial charge is 0.483 e. The molecule has 49 heavy (non-hydrogen) atoms. The SMILES string of the molecule is C=CCn1cc(-c2cnc(C(=O)Nc3ccc(C(=O)NC4[C@H]5CN(C(=O)N[C@@H]6CNC[C@H]6O)C[C@@H]45)c(Cl)c3)n2C)c(C(F)(F)F)n1.O=CO. The number of carbonyl (C=O) groups is 4. The predicted molar refractivity (Wildman–Crippen MR) is 169 cm³/mol. The molecule has 3 fully saturated rings. The zero-order chi connectivity index (χ0) is 35.6. The van der Waals surface area contributed by atoms with Crippen molar-refractivity contribution < 1.29 is 42.6 Å². The van der Waals surface area contributed by atoms with E-state index in [9.17, 15) is 32.7 Å². The van der Waals surface area contributed by atoms with Crippen LogP contribution in [0.2, 0.25) is 5.02 Å². The van der Waals surface area contributed by atoms with Crippen LogP contribution in [0.5, 0.6) is 0 Å². The van der Waals surface area contributed by atoms with Gasteiger partial charge in [0, 0.05) is 63.0 Å². The normalized spacial score (nSPS) is 22.4. The number of urea groups is 1. The Morgan fingerprint density at radius 1 is 1.16 bits per heavy atom. The molecule has 3 aliphatic rings. The molecule has 1 aliphatic carbocycles. The minimum Gasteiger partial charge on any atom is -0.483 e. The van der Waals surface area contributed by atoms with Crippen LogP contribution in [0.1, 0.15) is 26.7 Å². The van der Waals surface area contributed by atoms with E-state index in [1.165, 1.54) is 42.1 Å². The molecule has 2 saturated heterocycles. The maximum Gasteiger partial charge on any atom is 0.435 e. The van der Waals surface area contributed by atoms with Crippen molar-refractivity contribution in [2.24, 2.45) is 18.9 Å². The van der Waals surface area contributed by atoms with Crippen LogP contribution < -0.4 is 21.3 Å². The summed E-state index contributed by atoms with van der Waals surface area (Å²) >= 11 is 6.40. The summed E-state index contributed by atoms with van der Waals surface area (Å²) in [7, 11) is 1.42. The molecular weight excluding hydrogens is 675 g/mol. The third-order valence-corrected chi connectivity index (χ3v) is 8.87. The number of aliphatic hydroxyl groups is 1. The number of nitrogens with one attached hydrogen (secondary N) is 4. The molecule has 15 nitrogen and oxygen atoms in total. The van der Waals surface area contributed by atoms with Gasteiger partial charge in [-0.2, -0.15) is 18.3 Å². The Hall–Kier alpha value is -4.94. The van der Waals surface area contributed by atoms with E-state index in [1.807, 2.05) is 0 Å². The van der Waals surface area contributed by atoms with E-state index in [0.29, 0.717) is 26.2 Å². The fraction of sp³-hybridized carbons (Fsp3) is 0.400. The minimum atomic E-state index is -4.73. The van der Waals surface area contributed by atoms with Crippen LogP contribution in [0.15, 0.2) is 43.2 Å². The fourth-order valence-electron chi connectivity index (χ4n) is 6.08. The number of hydrogen-bond acceptors (Lipinski definition) is 8. The van der Waals surface area contributed by atoms with E-state index in [1.54, 1.807) is 4.90 Å². The first-order valence-corrected chi connectivity index (χ1v) is 15.4. The van der Waals surface area contributed by atoms with Crippen molar-refractivity contribution in [1.82, 2.24) is 40.2 Å². The van der Waals surface area contributed by atoms with Crippen LogP contribution in [0.3, 0.4) is 0 Å². The maximum absolute atomic E-state index is 13.7. The van der Waals surface area contributed by atoms with E-state index in [0.717, 1.165) is 10.9 Å². The fourth-order valence-corrected chi connectivity index (χ4v) is 6.34. The summed E-state index contributed by atoms with van der Waals surface area (Å²) < 4.78 is 43.3. The zero-order valence-corrected chi connectivity index (χ0v) is 26.7. The molecule has 6 N–H and O–H groups in total. The number of aromatic nitrogens is 4. The number of allylic oxidation sites excluding steroid dienone is 1. The van der Waals surface area contributed by atoms with Crippen LogP contribution in [-0.2, 0) is 24.6 Å². The number of β-amino-alcohol motifs (C(OH)–C–C–N with tert-alkyl or cyclic N) is 1. The first kappa shape index (κ1) is 35.4. The lowest BCUT2D eigenvalue weighted by atomic mass is 10.2. The number of anilines is 1. The molecular formula is C30H33ClF3N9O6. The van der Waals surface area contributed by atoms with Crippen LogP contribution in [-0.4, -0.2) is 103 Å². The Bertz CT molecular complexity index is 1750. The van der Waals surface area contributed by atoms with E-state index in [4.69, 9.17) is 21.5 Å². The summed E-state index contributed by atoms with van der Waals surface area (Å²) in [6.45, 7) is 5.25. The average Bonchev–Trinajstić information content (AvgIpc) is 3.59. The Morgan fingerprint density at radius 2 is 1.86 bits per heavy atom. The van der Waals surface area contributed by atoms with Crippen molar-refractivity contribution in [3.63, 3.8) is 0 Å². The number of imidazole rings is 1. The van der Waals surface area contributed by atoms with E-state index < -0.39 is 29.8 Å². The van der Waals surface area contributed by atoms with Gasteiger partial charge in [0.1, 0.15) is 0 Å². The van der Waals surface area contributed by atoms with Crippen molar-refractivity contribution >= 4 is 41.6 Å². The second kappa shape index (κ2) is 14.3. The van der Waals surface area contributed by atoms with Gasteiger partial charge in [-0.15, -0.1) is 6.58 Å². The molecule has 2 aliphatic heterocycles. The monoisotopic (exact) mass is 707 g/mol. The summed E-state index contributed by atoms with van der Waals surface area (Å²) in [6, 6.07) is 3.66. The highest BCUT2D eigenvalue weighted by Crippen LogP contribution is 2.45. The number of carbonyl (C=O) groups excluding carboxylic acids is 3. The number of piperidine rings is 1. The van der Waals surface area contributed by atoms with Crippen LogP contribution in [0, 0.1) is 11.8 Å². The molecule has 1 saturated carbocycles. The molecule has 262 valence electrons. The summed E-state index contributed by atoms with van der Waals surface area (Å²) in [6.07, 6.45) is -1.56. The lowest BCUT2D eigenvalue weighted by molar-refractivity contribution is -0.141. The lowest BCUT2D eigenvalue weighted by Gasteiger charge is -2.24. The average molecular weight is 708 g/mol. The standard InChI is InChI=1S/C29H31ClF3N9O4.CH2O2/c1-3-6-42-13-18(24(39-42)29(31,32)33)21-9-35-25(40(21)2)27(45)36-14-4-5-15(19(30)7-14)26(44)38-23-16-11-41(12-17(16)23)28(46)37-20-8-34-10-22(20)43;2-1-3/h3-5,7,9,13,16-17,20,22-23,34,43H,1,6,8,10-12H2,2H3,(H,36,45)(H,37,46)(H,38,44);1H,(H,2,3)/t16-,17+,20-,22-,23?;/m1./s1. The van der Waals surface area contributed by atoms with E-state index in [2.05, 4.69) is 37.9 Å². The second-order valence-electron chi connectivity index (χ2n) is 11.7. The Labute approximate surface area is 282 Å². The van der Waals surface area contributed by atoms with Gasteiger partial charge >= 0.3 is 12.2 Å². The molecule has 3 aromatic rings. The lowest BCUT2D eigenvalue weighted by Crippen LogP contribution is -2.49. The quantitative estimate of drug-likeness (QED) is 0.149. The number of likely N-dealkylation sites (tertiary alicyclic amines) is 1. The number of carboxylic acid groups (broad SMARTS) is 1. The Morgan fingerprint density at radius 3 is 2.45 bits per heavy atom. The molecule has 4 amide bonds. The molecule has 6 rings (SSSR count). The molecule has 1 unspecified atom stereocenters. The first-order chi connectivity index (χ1) is 23.3. The number of benzene rings is 1. The summed E-state index contributed by atoms with van der Waals surface area (Å²) in [5.41, 5.74) is -0.869. The number of fused-ring (bicyclic) bond motifs is 1. The number of alkyl halides is 3. The number of amides is 4. The van der Waals surface area contributed by atoms with E-state index in [-0.39, 0.29) is 76.3 Å². The van der Waals surface area contributed by atoms with Gasteiger partial charge in [-0.1, -0.05) is 17.7 Å². The Balaban J connectivity index is 0.00000151. The van der Waals surface area contributed by atoms with Gasteiger partial charge in [-0.3, -0.25) is 19.1 Å². The van der Waals surface area contributed by atoms with Crippen LogP contribution >= 0.6 is 11.6 Å². The highest BCUT2D eigenvalue weighted by molar-refractivity contribution is 6.34. The van der Waals surface area contributed by atoms with Crippen molar-refractivity contribution in [3.8, 4) is 11.3 Å². The molecule has 0 spiro atoms. The van der Waals surface area contributed by atoms with Gasteiger partial charge in [-0.05, 0) is 18.2 Å². The topological polar surface area (TPSA) is 196 Å².